The quantitative estimate of drug-likeness (QED) is 0.623. The van der Waals surface area contributed by atoms with Crippen LogP contribution in [-0.4, -0.2) is 41.5 Å². The van der Waals surface area contributed by atoms with Crippen molar-refractivity contribution in [2.45, 2.75) is 33.1 Å². The molecule has 0 radical (unpaired) electrons. The van der Waals surface area contributed by atoms with Crippen molar-refractivity contribution in [3.63, 3.8) is 0 Å². The van der Waals surface area contributed by atoms with Crippen molar-refractivity contribution >= 4 is 34.8 Å². The summed E-state index contributed by atoms with van der Waals surface area (Å²) in [6, 6.07) is 14.3. The molecule has 1 heterocycles. The molecule has 0 saturated carbocycles. The number of nitrogens with one attached hydrogen (secondary N) is 2. The van der Waals surface area contributed by atoms with Gasteiger partial charge >= 0.3 is 0 Å². The summed E-state index contributed by atoms with van der Waals surface area (Å²) < 4.78 is 5.79. The zero-order valence-electron chi connectivity index (χ0n) is 18.0. The third-order valence-electron chi connectivity index (χ3n) is 5.07. The number of amides is 2. The van der Waals surface area contributed by atoms with Crippen molar-refractivity contribution in [2.75, 3.05) is 25.0 Å². The maximum absolute atomic E-state index is 12.7. The number of rotatable bonds is 7. The molecular formula is C24H29N3O3S. The lowest BCUT2D eigenvalue weighted by molar-refractivity contribution is 0.0792. The van der Waals surface area contributed by atoms with Crippen LogP contribution in [0.15, 0.2) is 48.5 Å². The Morgan fingerprint density at radius 1 is 1.10 bits per heavy atom. The highest BCUT2D eigenvalue weighted by atomic mass is 32.1. The van der Waals surface area contributed by atoms with Crippen LogP contribution < -0.4 is 15.4 Å². The molecule has 6 nitrogen and oxygen atoms in total. The molecule has 0 aliphatic carbocycles. The number of thiocarbonyl (C=S) groups is 1. The van der Waals surface area contributed by atoms with Gasteiger partial charge in [0.1, 0.15) is 5.75 Å². The van der Waals surface area contributed by atoms with Gasteiger partial charge in [-0.15, -0.1) is 0 Å². The van der Waals surface area contributed by atoms with E-state index < -0.39 is 0 Å². The summed E-state index contributed by atoms with van der Waals surface area (Å²) in [6.07, 6.45) is 2.99. The summed E-state index contributed by atoms with van der Waals surface area (Å²) in [5, 5.41) is 5.85. The Morgan fingerprint density at radius 2 is 1.84 bits per heavy atom. The largest absolute Gasteiger partial charge is 0.493 e. The van der Waals surface area contributed by atoms with Gasteiger partial charge < -0.3 is 15.0 Å². The van der Waals surface area contributed by atoms with Crippen LogP contribution in [0.5, 0.6) is 5.75 Å². The predicted molar refractivity (Wildman–Crippen MR) is 127 cm³/mol. The predicted octanol–water partition coefficient (Wildman–Crippen LogP) is 4.47. The number of anilines is 1. The minimum atomic E-state index is -0.345. The number of ether oxygens (including phenoxy) is 1. The smallest absolute Gasteiger partial charge is 0.261 e. The van der Waals surface area contributed by atoms with Crippen LogP contribution in [0.25, 0.3) is 0 Å². The normalized spacial score (nSPS) is 13.2. The van der Waals surface area contributed by atoms with E-state index in [0.717, 1.165) is 32.4 Å². The fraction of sp³-hybridized carbons (Fsp3) is 0.375. The molecule has 3 rings (SSSR count). The van der Waals surface area contributed by atoms with Crippen LogP contribution >= 0.6 is 12.2 Å². The molecule has 164 valence electrons. The fourth-order valence-corrected chi connectivity index (χ4v) is 3.56. The van der Waals surface area contributed by atoms with Crippen molar-refractivity contribution in [1.82, 2.24) is 10.2 Å². The molecule has 1 fully saturated rings. The first kappa shape index (κ1) is 22.7. The van der Waals surface area contributed by atoms with E-state index in [2.05, 4.69) is 24.5 Å². The van der Waals surface area contributed by atoms with Gasteiger partial charge in [-0.25, -0.2) is 0 Å². The van der Waals surface area contributed by atoms with E-state index in [4.69, 9.17) is 17.0 Å². The van der Waals surface area contributed by atoms with E-state index in [9.17, 15) is 9.59 Å². The molecule has 0 aromatic heterocycles. The van der Waals surface area contributed by atoms with Gasteiger partial charge in [-0.2, -0.15) is 0 Å². The van der Waals surface area contributed by atoms with E-state index in [1.165, 1.54) is 0 Å². The Labute approximate surface area is 189 Å². The minimum absolute atomic E-state index is 0.0172. The van der Waals surface area contributed by atoms with Gasteiger partial charge in [0, 0.05) is 24.3 Å². The number of hydrogen-bond acceptors (Lipinski definition) is 4. The summed E-state index contributed by atoms with van der Waals surface area (Å²) in [5.74, 6) is 0.720. The molecule has 2 N–H and O–H groups in total. The molecule has 7 heteroatoms. The molecule has 0 bridgehead atoms. The van der Waals surface area contributed by atoms with Crippen molar-refractivity contribution in [3.8, 4) is 5.75 Å². The Kier molecular flexibility index (Phi) is 8.00. The maximum Gasteiger partial charge on any atom is 0.261 e. The van der Waals surface area contributed by atoms with Crippen LogP contribution in [0.2, 0.25) is 0 Å². The number of likely N-dealkylation sites (tertiary alicyclic amines) is 1. The summed E-state index contributed by atoms with van der Waals surface area (Å²) in [6.45, 7) is 6.38. The van der Waals surface area contributed by atoms with Crippen molar-refractivity contribution in [3.05, 3.63) is 59.7 Å². The van der Waals surface area contributed by atoms with Gasteiger partial charge in [-0.1, -0.05) is 32.0 Å². The topological polar surface area (TPSA) is 70.7 Å². The van der Waals surface area contributed by atoms with Crippen LogP contribution in [0.1, 0.15) is 53.8 Å². The van der Waals surface area contributed by atoms with Crippen LogP contribution in [-0.2, 0) is 0 Å². The van der Waals surface area contributed by atoms with Crippen LogP contribution in [0.3, 0.4) is 0 Å². The second-order valence-corrected chi connectivity index (χ2v) is 8.42. The lowest BCUT2D eigenvalue weighted by atomic mass is 10.1. The second kappa shape index (κ2) is 10.9. The zero-order chi connectivity index (χ0) is 22.2. The van der Waals surface area contributed by atoms with Gasteiger partial charge in [-0.3, -0.25) is 14.9 Å². The molecule has 2 aromatic rings. The maximum atomic E-state index is 12.7. The first-order valence-corrected chi connectivity index (χ1v) is 11.1. The lowest BCUT2D eigenvalue weighted by Gasteiger charge is -2.16. The van der Waals surface area contributed by atoms with E-state index in [-0.39, 0.29) is 16.9 Å². The third kappa shape index (κ3) is 6.52. The summed E-state index contributed by atoms with van der Waals surface area (Å²) >= 11 is 5.31. The van der Waals surface area contributed by atoms with E-state index in [0.29, 0.717) is 35.1 Å². The second-order valence-electron chi connectivity index (χ2n) is 8.02. The number of carbonyl (C=O) groups is 2. The van der Waals surface area contributed by atoms with Gasteiger partial charge in [0.2, 0.25) is 0 Å². The molecule has 1 aliphatic heterocycles. The first-order chi connectivity index (χ1) is 14.9. The number of carbonyl (C=O) groups excluding carboxylic acids is 2. The molecule has 1 aliphatic rings. The average Bonchev–Trinajstić information content (AvgIpc) is 3.28. The SMILES string of the molecule is CC(C)CCOc1ccccc1C(=O)NC(=S)Nc1cccc(C(=O)N2CCCC2)c1. The third-order valence-corrected chi connectivity index (χ3v) is 5.28. The fourth-order valence-electron chi connectivity index (χ4n) is 3.35. The molecule has 1 saturated heterocycles. The van der Waals surface area contributed by atoms with Crippen LogP contribution in [0.4, 0.5) is 5.69 Å². The summed E-state index contributed by atoms with van der Waals surface area (Å²) in [4.78, 5) is 27.2. The number of hydrogen-bond donors (Lipinski definition) is 2. The molecule has 2 aromatic carbocycles. The monoisotopic (exact) mass is 439 g/mol. The first-order valence-electron chi connectivity index (χ1n) is 10.7. The highest BCUT2D eigenvalue weighted by Crippen LogP contribution is 2.19. The van der Waals surface area contributed by atoms with Gasteiger partial charge in [0.05, 0.1) is 12.2 Å². The standard InChI is InChI=1S/C24H29N3O3S/c1-17(2)12-15-30-21-11-4-3-10-20(21)22(28)26-24(31)25-19-9-7-8-18(16-19)23(29)27-13-5-6-14-27/h3-4,7-11,16-17H,5-6,12-15H2,1-2H3,(H2,25,26,28,31). The van der Waals surface area contributed by atoms with Crippen molar-refractivity contribution in [2.24, 2.45) is 5.92 Å². The molecule has 0 spiro atoms. The van der Waals surface area contributed by atoms with E-state index in [1.54, 1.807) is 36.4 Å². The van der Waals surface area contributed by atoms with Gasteiger partial charge in [0.15, 0.2) is 5.11 Å². The highest BCUT2D eigenvalue weighted by Gasteiger charge is 2.20. The highest BCUT2D eigenvalue weighted by molar-refractivity contribution is 7.80. The minimum Gasteiger partial charge on any atom is -0.493 e. The number of nitrogens with zero attached hydrogens (tertiary/aromatic N) is 1. The Balaban J connectivity index is 1.60. The Morgan fingerprint density at radius 3 is 2.58 bits per heavy atom. The zero-order valence-corrected chi connectivity index (χ0v) is 18.8. The van der Waals surface area contributed by atoms with Crippen LogP contribution in [0, 0.1) is 5.92 Å². The average molecular weight is 440 g/mol. The molecule has 2 amide bonds. The van der Waals surface area contributed by atoms with E-state index >= 15 is 0 Å². The Bertz CT molecular complexity index is 939. The Hall–Kier alpha value is -2.93. The molecular weight excluding hydrogens is 410 g/mol. The number of para-hydroxylation sites is 1. The van der Waals surface area contributed by atoms with E-state index in [1.807, 2.05) is 17.0 Å². The van der Waals surface area contributed by atoms with Crippen molar-refractivity contribution in [1.29, 1.82) is 0 Å². The number of benzene rings is 2. The van der Waals surface area contributed by atoms with Crippen molar-refractivity contribution < 1.29 is 14.3 Å². The molecule has 0 atom stereocenters. The lowest BCUT2D eigenvalue weighted by Crippen LogP contribution is -2.34. The van der Waals surface area contributed by atoms with Gasteiger partial charge in [-0.05, 0) is 67.7 Å². The molecule has 0 unspecified atom stereocenters. The summed E-state index contributed by atoms with van der Waals surface area (Å²) in [5.41, 5.74) is 1.68. The molecule has 31 heavy (non-hydrogen) atoms. The summed E-state index contributed by atoms with van der Waals surface area (Å²) in [7, 11) is 0. The van der Waals surface area contributed by atoms with Gasteiger partial charge in [0.25, 0.3) is 11.8 Å².